The molecule has 0 bridgehead atoms. The number of alkyl halides is 3. The van der Waals surface area contributed by atoms with Crippen LogP contribution in [0.3, 0.4) is 0 Å². The third kappa shape index (κ3) is 8.83. The molecule has 240 valence electrons. The number of hydrogen-bond donors (Lipinski definition) is 3. The van der Waals surface area contributed by atoms with Crippen molar-refractivity contribution in [1.29, 1.82) is 0 Å². The summed E-state index contributed by atoms with van der Waals surface area (Å²) in [5, 5.41) is 17.1. The monoisotopic (exact) mass is 629 g/mol. The molecule has 46 heavy (non-hydrogen) atoms. The maximum atomic E-state index is 13.6. The highest BCUT2D eigenvalue weighted by Crippen LogP contribution is 2.29. The van der Waals surface area contributed by atoms with Gasteiger partial charge in [-0.05, 0) is 66.6 Å². The lowest BCUT2D eigenvalue weighted by molar-refractivity contribution is -0.137. The predicted molar refractivity (Wildman–Crippen MR) is 171 cm³/mol. The quantitative estimate of drug-likeness (QED) is 0.178. The second-order valence-electron chi connectivity index (χ2n) is 11.7. The van der Waals surface area contributed by atoms with E-state index >= 15 is 0 Å². The maximum absolute atomic E-state index is 13.6. The molecule has 6 nitrogen and oxygen atoms in total. The van der Waals surface area contributed by atoms with Crippen LogP contribution in [0.1, 0.15) is 55.8 Å². The first kappa shape index (κ1) is 32.9. The van der Waals surface area contributed by atoms with E-state index in [-0.39, 0.29) is 25.0 Å². The van der Waals surface area contributed by atoms with Gasteiger partial charge in [-0.3, -0.25) is 9.59 Å². The van der Waals surface area contributed by atoms with E-state index in [4.69, 9.17) is 0 Å². The Labute approximate surface area is 267 Å². The van der Waals surface area contributed by atoms with E-state index in [2.05, 4.69) is 22.8 Å². The first-order chi connectivity index (χ1) is 22.2. The molecule has 1 saturated heterocycles. The molecule has 1 fully saturated rings. The van der Waals surface area contributed by atoms with Crippen molar-refractivity contribution in [3.05, 3.63) is 143 Å². The summed E-state index contributed by atoms with van der Waals surface area (Å²) < 4.78 is 39.3. The fourth-order valence-corrected chi connectivity index (χ4v) is 5.93. The molecule has 0 aliphatic carbocycles. The largest absolute Gasteiger partial charge is 0.416 e. The molecule has 4 aromatic carbocycles. The van der Waals surface area contributed by atoms with Crippen LogP contribution in [0.15, 0.2) is 109 Å². The van der Waals surface area contributed by atoms with Crippen molar-refractivity contribution in [2.24, 2.45) is 0 Å². The second kappa shape index (κ2) is 15.2. The zero-order valence-corrected chi connectivity index (χ0v) is 25.4. The first-order valence-electron chi connectivity index (χ1n) is 15.5. The summed E-state index contributed by atoms with van der Waals surface area (Å²) in [6.45, 7) is 0.800. The number of benzene rings is 4. The van der Waals surface area contributed by atoms with Gasteiger partial charge < -0.3 is 20.6 Å². The molecule has 0 saturated carbocycles. The number of nitrogens with one attached hydrogen (secondary N) is 2. The zero-order valence-electron chi connectivity index (χ0n) is 25.4. The summed E-state index contributed by atoms with van der Waals surface area (Å²) in [6, 6.07) is 30.5. The highest BCUT2D eigenvalue weighted by atomic mass is 19.4. The number of carbonyl (C=O) groups excluding carboxylic acids is 2. The Kier molecular flexibility index (Phi) is 10.9. The van der Waals surface area contributed by atoms with E-state index in [1.165, 1.54) is 11.6 Å². The second-order valence-corrected chi connectivity index (χ2v) is 11.7. The lowest BCUT2D eigenvalue weighted by Gasteiger charge is -2.26. The van der Waals surface area contributed by atoms with Gasteiger partial charge >= 0.3 is 6.18 Å². The van der Waals surface area contributed by atoms with Crippen LogP contribution in [0, 0.1) is 0 Å². The number of carbonyl (C=O) groups is 2. The van der Waals surface area contributed by atoms with Crippen molar-refractivity contribution < 1.29 is 27.9 Å². The fraction of sp³-hybridized carbons (Fsp3) is 0.297. The number of aliphatic hydroxyl groups is 1. The Hall–Kier alpha value is -4.47. The van der Waals surface area contributed by atoms with Gasteiger partial charge in [0.1, 0.15) is 0 Å². The van der Waals surface area contributed by atoms with E-state index in [9.17, 15) is 27.9 Å². The molecular weight excluding hydrogens is 591 g/mol. The molecule has 5 rings (SSSR count). The van der Waals surface area contributed by atoms with Gasteiger partial charge in [-0.15, -0.1) is 0 Å². The summed E-state index contributed by atoms with van der Waals surface area (Å²) in [6.07, 6.45) is -2.56. The van der Waals surface area contributed by atoms with Crippen LogP contribution in [0.25, 0.3) is 0 Å². The average molecular weight is 630 g/mol. The van der Waals surface area contributed by atoms with Gasteiger partial charge in [0.25, 0.3) is 11.8 Å². The van der Waals surface area contributed by atoms with Crippen LogP contribution >= 0.6 is 0 Å². The van der Waals surface area contributed by atoms with Crippen LogP contribution in [-0.2, 0) is 25.6 Å². The minimum absolute atomic E-state index is 0.0321. The smallest absolute Gasteiger partial charge is 0.390 e. The van der Waals surface area contributed by atoms with Crippen LogP contribution in [-0.4, -0.2) is 53.1 Å². The Morgan fingerprint density at radius 2 is 1.48 bits per heavy atom. The highest BCUT2D eigenvalue weighted by Gasteiger charge is 2.31. The van der Waals surface area contributed by atoms with Crippen LogP contribution in [0.2, 0.25) is 0 Å². The molecule has 4 aromatic rings. The number of halogens is 3. The topological polar surface area (TPSA) is 81.7 Å². The van der Waals surface area contributed by atoms with Gasteiger partial charge in [-0.2, -0.15) is 13.2 Å². The fourth-order valence-electron chi connectivity index (χ4n) is 5.93. The summed E-state index contributed by atoms with van der Waals surface area (Å²) in [4.78, 5) is 29.0. The van der Waals surface area contributed by atoms with Crippen LogP contribution in [0.4, 0.5) is 13.2 Å². The van der Waals surface area contributed by atoms with Crippen molar-refractivity contribution in [3.63, 3.8) is 0 Å². The van der Waals surface area contributed by atoms with Gasteiger partial charge in [0.15, 0.2) is 0 Å². The highest BCUT2D eigenvalue weighted by molar-refractivity contribution is 6.00. The number of likely N-dealkylation sites (tertiary alicyclic amines) is 1. The Morgan fingerprint density at radius 1 is 0.826 bits per heavy atom. The van der Waals surface area contributed by atoms with Gasteiger partial charge in [-0.1, -0.05) is 84.9 Å². The summed E-state index contributed by atoms with van der Waals surface area (Å²) in [5.74, 6) is -0.553. The SMILES string of the molecule is O=C(NC(Cc1ccccc1)[C@H](O)CNCc1cccc(C(F)(F)F)c1)c1cccc(C(=O)N2CCC[C@H]2Cc2ccccc2)c1. The number of nitrogens with zero attached hydrogens (tertiary/aromatic N) is 1. The van der Waals surface area contributed by atoms with Gasteiger partial charge in [-0.25, -0.2) is 0 Å². The van der Waals surface area contributed by atoms with Crippen LogP contribution < -0.4 is 10.6 Å². The number of hydrogen-bond acceptors (Lipinski definition) is 4. The van der Waals surface area contributed by atoms with E-state index in [0.29, 0.717) is 29.7 Å². The summed E-state index contributed by atoms with van der Waals surface area (Å²) in [7, 11) is 0. The number of aliphatic hydroxyl groups excluding tert-OH is 1. The van der Waals surface area contributed by atoms with E-state index in [1.54, 1.807) is 30.3 Å². The molecule has 1 aliphatic rings. The van der Waals surface area contributed by atoms with Crippen molar-refractivity contribution in [1.82, 2.24) is 15.5 Å². The van der Waals surface area contributed by atoms with Crippen molar-refractivity contribution >= 4 is 11.8 Å². The zero-order chi connectivity index (χ0) is 32.5. The lowest BCUT2D eigenvalue weighted by atomic mass is 10.00. The molecule has 1 aliphatic heterocycles. The molecule has 3 N–H and O–H groups in total. The van der Waals surface area contributed by atoms with Crippen molar-refractivity contribution in [3.8, 4) is 0 Å². The molecule has 1 heterocycles. The summed E-state index contributed by atoms with van der Waals surface area (Å²) in [5.41, 5.74) is 2.48. The molecular formula is C37H38F3N3O3. The maximum Gasteiger partial charge on any atom is 0.416 e. The standard InChI is InChI=1S/C37H38F3N3O3/c38-37(39,40)31-17-7-14-28(20-31)24-41-25-34(44)33(22-27-12-5-2-6-13-27)42-35(45)29-15-8-16-30(23-29)36(46)43-19-9-18-32(43)21-26-10-3-1-4-11-26/h1-8,10-17,20,23,32-34,41,44H,9,18-19,21-22,24-25H2,(H,42,45)/t32-,33?,34+/m0/s1. The molecule has 1 unspecified atom stereocenters. The molecule has 2 amide bonds. The molecule has 0 spiro atoms. The van der Waals surface area contributed by atoms with E-state index in [1.807, 2.05) is 53.4 Å². The van der Waals surface area contributed by atoms with Gasteiger partial charge in [0.2, 0.25) is 0 Å². The third-order valence-electron chi connectivity index (χ3n) is 8.34. The molecule has 3 atom stereocenters. The molecule has 0 aromatic heterocycles. The van der Waals surface area contributed by atoms with Gasteiger partial charge in [0.05, 0.1) is 17.7 Å². The van der Waals surface area contributed by atoms with E-state index < -0.39 is 29.8 Å². The average Bonchev–Trinajstić information content (AvgIpc) is 3.52. The predicted octanol–water partition coefficient (Wildman–Crippen LogP) is 6.04. The van der Waals surface area contributed by atoms with Crippen molar-refractivity contribution in [2.75, 3.05) is 13.1 Å². The minimum Gasteiger partial charge on any atom is -0.390 e. The van der Waals surface area contributed by atoms with Crippen LogP contribution in [0.5, 0.6) is 0 Å². The van der Waals surface area contributed by atoms with Crippen molar-refractivity contribution in [2.45, 2.75) is 56.6 Å². The van der Waals surface area contributed by atoms with E-state index in [0.717, 1.165) is 37.0 Å². The normalized spacial score (nSPS) is 16.2. The Bertz CT molecular complexity index is 1600. The lowest BCUT2D eigenvalue weighted by Crippen LogP contribution is -2.48. The minimum atomic E-state index is -4.44. The molecule has 9 heteroatoms. The Balaban J connectivity index is 1.25. The number of amides is 2. The van der Waals surface area contributed by atoms with Gasteiger partial charge in [0, 0.05) is 36.8 Å². The summed E-state index contributed by atoms with van der Waals surface area (Å²) >= 11 is 0. The molecule has 0 radical (unpaired) electrons. The number of rotatable bonds is 12. The third-order valence-corrected chi connectivity index (χ3v) is 8.34. The Morgan fingerprint density at radius 3 is 2.20 bits per heavy atom. The first-order valence-corrected chi connectivity index (χ1v) is 15.5.